The number of benzene rings is 3. The van der Waals surface area contributed by atoms with E-state index in [1.165, 1.54) is 18.7 Å². The Morgan fingerprint density at radius 2 is 1.45 bits per heavy atom. The van der Waals surface area contributed by atoms with E-state index in [4.69, 9.17) is 11.6 Å². The Kier molecular flexibility index (Phi) is 7.05. The number of amides is 1. The number of carbonyl (C=O) groups is 1. The average Bonchev–Trinajstić information content (AvgIpc) is 2.85. The molecule has 1 aromatic heterocycles. The van der Waals surface area contributed by atoms with Crippen molar-refractivity contribution in [3.63, 3.8) is 0 Å². The molecule has 11 heteroatoms. The van der Waals surface area contributed by atoms with Crippen LogP contribution in [0, 0.1) is 0 Å². The first kappa shape index (κ1) is 27.3. The Balaban J connectivity index is 1.86. The monoisotopic (exact) mass is 552 g/mol. The van der Waals surface area contributed by atoms with Crippen LogP contribution in [0.25, 0.3) is 21.9 Å². The van der Waals surface area contributed by atoms with Gasteiger partial charge in [0.25, 0.3) is 11.5 Å². The highest BCUT2D eigenvalue weighted by atomic mass is 35.5. The smallest absolute Gasteiger partial charge is 0.336 e. The lowest BCUT2D eigenvalue weighted by atomic mass is 9.96. The number of aromatic nitrogens is 1. The molecule has 0 aliphatic rings. The fraction of sp³-hybridized carbons (Fsp3) is 0.185. The normalized spacial score (nSPS) is 12.1. The molecule has 0 saturated heterocycles. The summed E-state index contributed by atoms with van der Waals surface area (Å²) in [6.45, 7) is -0.297. The third kappa shape index (κ3) is 5.26. The van der Waals surface area contributed by atoms with Gasteiger partial charge in [0.2, 0.25) is 0 Å². The summed E-state index contributed by atoms with van der Waals surface area (Å²) in [7, 11) is 2.71. The molecule has 0 spiro atoms. The molecule has 0 aliphatic heterocycles. The van der Waals surface area contributed by atoms with Crippen molar-refractivity contribution in [1.82, 2.24) is 9.47 Å². The summed E-state index contributed by atoms with van der Waals surface area (Å²) in [5.74, 6) is -1.08. The number of rotatable bonds is 4. The molecule has 0 unspecified atom stereocenters. The van der Waals surface area contributed by atoms with E-state index in [1.54, 1.807) is 48.5 Å². The maximum absolute atomic E-state index is 13.3. The lowest BCUT2D eigenvalue weighted by Gasteiger charge is -2.24. The maximum atomic E-state index is 13.3. The van der Waals surface area contributed by atoms with Gasteiger partial charge in [-0.15, -0.1) is 0 Å². The highest BCUT2D eigenvalue weighted by molar-refractivity contribution is 6.31. The zero-order chi connectivity index (χ0) is 28.0. The van der Waals surface area contributed by atoms with Crippen LogP contribution in [0.3, 0.4) is 0 Å². The van der Waals surface area contributed by atoms with Crippen LogP contribution < -0.4 is 5.56 Å². The Morgan fingerprint density at radius 1 is 0.868 bits per heavy atom. The van der Waals surface area contributed by atoms with Gasteiger partial charge in [-0.05, 0) is 47.3 Å². The van der Waals surface area contributed by atoms with Crippen molar-refractivity contribution in [2.75, 3.05) is 7.05 Å². The fourth-order valence-corrected chi connectivity index (χ4v) is 4.42. The van der Waals surface area contributed by atoms with Crippen molar-refractivity contribution in [3.05, 3.63) is 104 Å². The van der Waals surface area contributed by atoms with Crippen LogP contribution in [-0.4, -0.2) is 22.4 Å². The highest BCUT2D eigenvalue weighted by Gasteiger charge is 2.38. The Labute approximate surface area is 217 Å². The zero-order valence-corrected chi connectivity index (χ0v) is 20.7. The molecule has 0 saturated carbocycles. The van der Waals surface area contributed by atoms with Crippen LogP contribution in [0.4, 0.5) is 26.3 Å². The summed E-state index contributed by atoms with van der Waals surface area (Å²) in [4.78, 5) is 27.3. The molecular weight excluding hydrogens is 534 g/mol. The van der Waals surface area contributed by atoms with Gasteiger partial charge in [0, 0.05) is 41.3 Å². The molecule has 38 heavy (non-hydrogen) atoms. The molecular formula is C27H19ClF6N2O2. The van der Waals surface area contributed by atoms with Gasteiger partial charge in [0.1, 0.15) is 0 Å². The number of hydrogen-bond acceptors (Lipinski definition) is 2. The second-order valence-corrected chi connectivity index (χ2v) is 9.13. The molecule has 4 aromatic rings. The van der Waals surface area contributed by atoms with Gasteiger partial charge in [-0.3, -0.25) is 9.59 Å². The minimum absolute atomic E-state index is 0.0406. The van der Waals surface area contributed by atoms with Crippen molar-refractivity contribution in [1.29, 1.82) is 0 Å². The number of fused-ring (bicyclic) bond motifs is 1. The number of alkyl halides is 6. The van der Waals surface area contributed by atoms with Crippen molar-refractivity contribution < 1.29 is 31.1 Å². The second kappa shape index (κ2) is 9.83. The largest absolute Gasteiger partial charge is 0.416 e. The second-order valence-electron chi connectivity index (χ2n) is 8.70. The molecule has 0 aliphatic carbocycles. The van der Waals surface area contributed by atoms with Crippen molar-refractivity contribution in [2.45, 2.75) is 18.9 Å². The predicted molar refractivity (Wildman–Crippen MR) is 132 cm³/mol. The summed E-state index contributed by atoms with van der Waals surface area (Å²) in [6, 6.07) is 14.3. The molecule has 1 heterocycles. The van der Waals surface area contributed by atoms with Crippen LogP contribution in [-0.2, 0) is 25.9 Å². The van der Waals surface area contributed by atoms with Crippen LogP contribution in [0.1, 0.15) is 27.2 Å². The predicted octanol–water partition coefficient (Wildman–Crippen LogP) is 7.17. The van der Waals surface area contributed by atoms with Gasteiger partial charge >= 0.3 is 12.4 Å². The summed E-state index contributed by atoms with van der Waals surface area (Å²) in [5, 5.41) is 1.18. The van der Waals surface area contributed by atoms with Gasteiger partial charge < -0.3 is 9.47 Å². The highest BCUT2D eigenvalue weighted by Crippen LogP contribution is 2.37. The van der Waals surface area contributed by atoms with Crippen molar-refractivity contribution >= 4 is 28.3 Å². The minimum Gasteiger partial charge on any atom is -0.336 e. The number of nitrogens with zero attached hydrogens (tertiary/aromatic N) is 2. The first-order chi connectivity index (χ1) is 17.7. The maximum Gasteiger partial charge on any atom is 0.416 e. The van der Waals surface area contributed by atoms with E-state index >= 15 is 0 Å². The van der Waals surface area contributed by atoms with Gasteiger partial charge in [0.05, 0.1) is 17.7 Å². The first-order valence-corrected chi connectivity index (χ1v) is 11.5. The number of carbonyl (C=O) groups excluding carboxylic acids is 1. The van der Waals surface area contributed by atoms with E-state index in [9.17, 15) is 35.9 Å². The molecule has 3 aromatic carbocycles. The van der Waals surface area contributed by atoms with Crippen LogP contribution in [0.2, 0.25) is 5.02 Å². The van der Waals surface area contributed by atoms with Crippen LogP contribution in [0.15, 0.2) is 71.5 Å². The standard InChI is InChI=1S/C27H19ClF6N2O2/c1-35(24(37)16-10-17(26(29,30)31)12-18(11-16)27(32,33)34)14-22-23(15-6-4-3-5-7-15)21-13-19(28)8-9-20(21)25(38)36(22)2/h3-13H,14H2,1-2H3. The third-order valence-electron chi connectivity index (χ3n) is 6.11. The topological polar surface area (TPSA) is 42.3 Å². The Hall–Kier alpha value is -3.79. The molecule has 0 N–H and O–H groups in total. The number of halogens is 7. The Morgan fingerprint density at radius 3 is 2.00 bits per heavy atom. The molecule has 0 bridgehead atoms. The molecule has 1 amide bonds. The summed E-state index contributed by atoms with van der Waals surface area (Å²) in [5.41, 5.74) is -2.86. The van der Waals surface area contributed by atoms with Gasteiger partial charge in [-0.1, -0.05) is 41.9 Å². The molecule has 198 valence electrons. The van der Waals surface area contributed by atoms with Crippen LogP contribution >= 0.6 is 11.6 Å². The molecule has 4 rings (SSSR count). The first-order valence-electron chi connectivity index (χ1n) is 11.1. The molecule has 4 nitrogen and oxygen atoms in total. The van der Waals surface area contributed by atoms with E-state index in [0.717, 1.165) is 4.90 Å². The summed E-state index contributed by atoms with van der Waals surface area (Å²) < 4.78 is 81.3. The van der Waals surface area contributed by atoms with E-state index in [-0.39, 0.29) is 12.6 Å². The van der Waals surface area contributed by atoms with Gasteiger partial charge in [0.15, 0.2) is 0 Å². The van der Waals surface area contributed by atoms with Gasteiger partial charge in [-0.2, -0.15) is 26.3 Å². The van der Waals surface area contributed by atoms with E-state index < -0.39 is 40.5 Å². The number of hydrogen-bond donors (Lipinski definition) is 0. The summed E-state index contributed by atoms with van der Waals surface area (Å²) in [6.07, 6.45) is -10.2. The SMILES string of the molecule is CN(Cc1c(-c2ccccc2)c2cc(Cl)ccc2c(=O)n1C)C(=O)c1cc(C(F)(F)F)cc(C(F)(F)F)c1. The fourth-order valence-electron chi connectivity index (χ4n) is 4.24. The van der Waals surface area contributed by atoms with E-state index in [1.807, 2.05) is 0 Å². The quantitative estimate of drug-likeness (QED) is 0.252. The van der Waals surface area contributed by atoms with E-state index in [0.29, 0.717) is 44.7 Å². The summed E-state index contributed by atoms with van der Waals surface area (Å²) >= 11 is 6.20. The molecule has 0 atom stereocenters. The van der Waals surface area contributed by atoms with Gasteiger partial charge in [-0.25, -0.2) is 0 Å². The zero-order valence-electron chi connectivity index (χ0n) is 19.9. The molecule has 0 fully saturated rings. The number of pyridine rings is 1. The Bertz CT molecular complexity index is 1560. The van der Waals surface area contributed by atoms with Crippen LogP contribution in [0.5, 0.6) is 0 Å². The third-order valence-corrected chi connectivity index (χ3v) is 6.35. The lowest BCUT2D eigenvalue weighted by Crippen LogP contribution is -2.31. The minimum atomic E-state index is -5.10. The van der Waals surface area contributed by atoms with Crippen molar-refractivity contribution in [3.8, 4) is 11.1 Å². The average molecular weight is 553 g/mol. The molecule has 0 radical (unpaired) electrons. The van der Waals surface area contributed by atoms with E-state index in [2.05, 4.69) is 0 Å². The lowest BCUT2D eigenvalue weighted by molar-refractivity contribution is -0.143. The van der Waals surface area contributed by atoms with Crippen molar-refractivity contribution in [2.24, 2.45) is 7.05 Å².